The van der Waals surface area contributed by atoms with Gasteiger partial charge in [0, 0.05) is 0 Å². The van der Waals surface area contributed by atoms with Crippen molar-refractivity contribution in [3.63, 3.8) is 0 Å². The SMILES string of the molecule is C[SH]=COC(C)Cl. The Labute approximate surface area is 52.6 Å². The van der Waals surface area contributed by atoms with Crippen LogP contribution in [0.15, 0.2) is 0 Å². The van der Waals surface area contributed by atoms with Crippen LogP contribution in [0.5, 0.6) is 0 Å². The summed E-state index contributed by atoms with van der Waals surface area (Å²) < 4.78 is 4.82. The molecule has 0 aromatic heterocycles. The summed E-state index contributed by atoms with van der Waals surface area (Å²) in [6, 6.07) is 0. The van der Waals surface area contributed by atoms with Gasteiger partial charge in [0.2, 0.25) is 0 Å². The minimum Gasteiger partial charge on any atom is -0.329 e. The standard InChI is InChI=1S/C4H9ClOS/c1-4(5)6-3-7-2/h3-4,7H,1-2H3. The number of thiol groups is 1. The molecule has 0 radical (unpaired) electrons. The predicted octanol–water partition coefficient (Wildman–Crippen LogP) is 1.44. The van der Waals surface area contributed by atoms with Crippen molar-refractivity contribution in [3.8, 4) is 0 Å². The molecule has 0 N–H and O–H groups in total. The van der Waals surface area contributed by atoms with Crippen LogP contribution in [0.25, 0.3) is 0 Å². The third-order valence-corrected chi connectivity index (χ3v) is 0.789. The van der Waals surface area contributed by atoms with Gasteiger partial charge in [-0.1, -0.05) is 11.6 Å². The van der Waals surface area contributed by atoms with E-state index in [1.807, 2.05) is 6.26 Å². The Morgan fingerprint density at radius 2 is 2.43 bits per heavy atom. The van der Waals surface area contributed by atoms with E-state index < -0.39 is 0 Å². The Kier molecular flexibility index (Phi) is 4.94. The van der Waals surface area contributed by atoms with Crippen molar-refractivity contribution < 1.29 is 4.74 Å². The Morgan fingerprint density at radius 1 is 1.86 bits per heavy atom. The van der Waals surface area contributed by atoms with Gasteiger partial charge in [0.25, 0.3) is 0 Å². The molecule has 1 nitrogen and oxygen atoms in total. The monoisotopic (exact) mass is 140 g/mol. The van der Waals surface area contributed by atoms with E-state index in [2.05, 4.69) is 0 Å². The number of alkyl halides is 1. The molecule has 7 heavy (non-hydrogen) atoms. The topological polar surface area (TPSA) is 9.23 Å². The van der Waals surface area contributed by atoms with Crippen LogP contribution >= 0.6 is 23.0 Å². The Balaban J connectivity index is 2.97. The zero-order chi connectivity index (χ0) is 5.70. The second-order valence-corrected chi connectivity index (χ2v) is 2.38. The van der Waals surface area contributed by atoms with Crippen molar-refractivity contribution in [1.82, 2.24) is 0 Å². The largest absolute Gasteiger partial charge is 0.329 e. The quantitative estimate of drug-likeness (QED) is 0.347. The van der Waals surface area contributed by atoms with Crippen LogP contribution in [-0.2, 0) is 4.74 Å². The summed E-state index contributed by atoms with van der Waals surface area (Å²) in [6.45, 7) is 1.78. The van der Waals surface area contributed by atoms with Crippen LogP contribution in [0.1, 0.15) is 6.92 Å². The zero-order valence-corrected chi connectivity index (χ0v) is 6.04. The molecule has 0 saturated heterocycles. The molecule has 0 bridgehead atoms. The van der Waals surface area contributed by atoms with E-state index in [-0.39, 0.29) is 5.56 Å². The van der Waals surface area contributed by atoms with E-state index in [9.17, 15) is 0 Å². The third kappa shape index (κ3) is 6.47. The van der Waals surface area contributed by atoms with Crippen molar-refractivity contribution >= 4 is 28.5 Å². The lowest BCUT2D eigenvalue weighted by molar-refractivity contribution is 0.309. The maximum absolute atomic E-state index is 5.40. The molecule has 0 rings (SSSR count). The van der Waals surface area contributed by atoms with E-state index in [1.54, 1.807) is 12.5 Å². The first kappa shape index (κ1) is 7.47. The van der Waals surface area contributed by atoms with Crippen molar-refractivity contribution in [2.24, 2.45) is 0 Å². The second-order valence-electron chi connectivity index (χ2n) is 1.04. The Bertz CT molecular complexity index is 62.7. The fraction of sp³-hybridized carbons (Fsp3) is 0.750. The van der Waals surface area contributed by atoms with Crippen LogP contribution in [0.4, 0.5) is 0 Å². The molecule has 1 unspecified atom stereocenters. The van der Waals surface area contributed by atoms with Gasteiger partial charge >= 0.3 is 0 Å². The lowest BCUT2D eigenvalue weighted by Crippen LogP contribution is -1.93. The Morgan fingerprint density at radius 3 is 2.57 bits per heavy atom. The first-order chi connectivity index (χ1) is 3.27. The van der Waals surface area contributed by atoms with E-state index in [0.29, 0.717) is 0 Å². The van der Waals surface area contributed by atoms with Gasteiger partial charge in [0.1, 0.15) is 5.56 Å². The molecule has 44 valence electrons. The summed E-state index contributed by atoms with van der Waals surface area (Å²) >= 11 is 6.51. The summed E-state index contributed by atoms with van der Waals surface area (Å²) in [5.74, 6) is 0. The van der Waals surface area contributed by atoms with E-state index in [4.69, 9.17) is 16.3 Å². The molecule has 1 atom stereocenters. The van der Waals surface area contributed by atoms with Gasteiger partial charge in [-0.3, -0.25) is 0 Å². The van der Waals surface area contributed by atoms with Crippen LogP contribution in [0.3, 0.4) is 0 Å². The van der Waals surface area contributed by atoms with Gasteiger partial charge in [-0.15, -0.1) is 0 Å². The van der Waals surface area contributed by atoms with Gasteiger partial charge < -0.3 is 4.74 Å². The molecule has 0 fully saturated rings. The van der Waals surface area contributed by atoms with Crippen LogP contribution < -0.4 is 0 Å². The summed E-state index contributed by atoms with van der Waals surface area (Å²) in [7, 11) is 0. The number of hydrogen-bond acceptors (Lipinski definition) is 1. The molecule has 0 heterocycles. The predicted molar refractivity (Wildman–Crippen MR) is 37.4 cm³/mol. The smallest absolute Gasteiger partial charge is 0.134 e. The lowest BCUT2D eigenvalue weighted by Gasteiger charge is -1.94. The highest BCUT2D eigenvalue weighted by molar-refractivity contribution is 7.96. The molecular weight excluding hydrogens is 132 g/mol. The fourth-order valence-corrected chi connectivity index (χ4v) is 0.572. The van der Waals surface area contributed by atoms with Crippen molar-refractivity contribution in [1.29, 1.82) is 0 Å². The van der Waals surface area contributed by atoms with Crippen molar-refractivity contribution in [2.45, 2.75) is 12.5 Å². The normalized spacial score (nSPS) is 16.4. The highest BCUT2D eigenvalue weighted by atomic mass is 35.5. The summed E-state index contributed by atoms with van der Waals surface area (Å²) in [4.78, 5) is 0. The summed E-state index contributed by atoms with van der Waals surface area (Å²) in [5.41, 5.74) is 1.48. The molecule has 0 aliphatic rings. The van der Waals surface area contributed by atoms with Crippen LogP contribution in [0.2, 0.25) is 0 Å². The van der Waals surface area contributed by atoms with Crippen LogP contribution in [0, 0.1) is 0 Å². The summed E-state index contributed by atoms with van der Waals surface area (Å²) in [6.07, 6.45) is 1.97. The highest BCUT2D eigenvalue weighted by Gasteiger charge is 1.85. The first-order valence-electron chi connectivity index (χ1n) is 1.97. The van der Waals surface area contributed by atoms with Crippen molar-refractivity contribution in [3.05, 3.63) is 0 Å². The molecule has 0 spiro atoms. The van der Waals surface area contributed by atoms with Gasteiger partial charge in [-0.2, -0.15) is 11.4 Å². The van der Waals surface area contributed by atoms with Crippen LogP contribution in [-0.4, -0.2) is 17.4 Å². The molecule has 0 aromatic rings. The highest BCUT2D eigenvalue weighted by Crippen LogP contribution is 1.92. The molecule has 0 aliphatic carbocycles. The third-order valence-electron chi connectivity index (χ3n) is 0.354. The summed E-state index contributed by atoms with van der Waals surface area (Å²) in [5, 5.41) is 0. The van der Waals surface area contributed by atoms with Gasteiger partial charge in [0.05, 0.1) is 5.55 Å². The van der Waals surface area contributed by atoms with Gasteiger partial charge in [-0.25, -0.2) is 0 Å². The maximum Gasteiger partial charge on any atom is 0.134 e. The maximum atomic E-state index is 5.40. The molecule has 0 aromatic carbocycles. The molecule has 0 saturated carbocycles. The number of hydrogen-bond donors (Lipinski definition) is 1. The zero-order valence-electron chi connectivity index (χ0n) is 4.39. The number of halogens is 1. The minimum atomic E-state index is -0.188. The molecular formula is C4H9ClOS. The number of ether oxygens (including phenoxy) is 1. The number of rotatable bonds is 2. The average molecular weight is 141 g/mol. The first-order valence-corrected chi connectivity index (χ1v) is 3.82. The minimum absolute atomic E-state index is 0.188. The second kappa shape index (κ2) is 4.62. The van der Waals surface area contributed by atoms with E-state index >= 15 is 0 Å². The fourth-order valence-electron chi connectivity index (χ4n) is 0.145. The van der Waals surface area contributed by atoms with Crippen molar-refractivity contribution in [2.75, 3.05) is 6.26 Å². The van der Waals surface area contributed by atoms with E-state index in [0.717, 1.165) is 11.4 Å². The average Bonchev–Trinajstić information content (AvgIpc) is 1.61. The molecule has 3 heteroatoms. The lowest BCUT2D eigenvalue weighted by atomic mass is 10.9. The molecule has 0 amide bonds. The Hall–Kier alpha value is 0.470. The van der Waals surface area contributed by atoms with Gasteiger partial charge in [0.15, 0.2) is 0 Å². The van der Waals surface area contributed by atoms with E-state index in [1.165, 1.54) is 0 Å². The van der Waals surface area contributed by atoms with Gasteiger partial charge in [-0.05, 0) is 13.2 Å². The molecule has 0 aliphatic heterocycles.